The van der Waals surface area contributed by atoms with Crippen molar-refractivity contribution in [2.24, 2.45) is 0 Å². The Bertz CT molecular complexity index is 914. The first-order chi connectivity index (χ1) is 15.3. The normalized spacial score (nSPS) is 14.3. The van der Waals surface area contributed by atoms with E-state index in [1.807, 2.05) is 0 Å². The number of benzene rings is 1. The van der Waals surface area contributed by atoms with E-state index in [4.69, 9.17) is 16.3 Å². The van der Waals surface area contributed by atoms with Crippen LogP contribution >= 0.6 is 11.6 Å². The van der Waals surface area contributed by atoms with Gasteiger partial charge >= 0.3 is 0 Å². The number of methoxy groups -OCH3 is 1. The van der Waals surface area contributed by atoms with Gasteiger partial charge in [0.1, 0.15) is 0 Å². The second-order valence-electron chi connectivity index (χ2n) is 9.07. The molecule has 0 aliphatic carbocycles. The van der Waals surface area contributed by atoms with Gasteiger partial charge in [-0.3, -0.25) is 14.7 Å². The zero-order valence-corrected chi connectivity index (χ0v) is 20.1. The molecule has 0 bridgehead atoms. The van der Waals surface area contributed by atoms with Crippen molar-refractivity contribution >= 4 is 17.5 Å². The van der Waals surface area contributed by atoms with Crippen LogP contribution in [0.15, 0.2) is 36.5 Å². The van der Waals surface area contributed by atoms with Gasteiger partial charge in [-0.2, -0.15) is 0 Å². The van der Waals surface area contributed by atoms with Gasteiger partial charge < -0.3 is 14.7 Å². The molecule has 32 heavy (non-hydrogen) atoms. The van der Waals surface area contributed by atoms with Crippen molar-refractivity contribution in [2.45, 2.75) is 51.8 Å². The lowest BCUT2D eigenvalue weighted by Crippen LogP contribution is -2.42. The summed E-state index contributed by atoms with van der Waals surface area (Å²) in [5.41, 5.74) is 3.58. The lowest BCUT2D eigenvalue weighted by atomic mass is 9.92. The summed E-state index contributed by atoms with van der Waals surface area (Å²) < 4.78 is 5.21. The van der Waals surface area contributed by atoms with E-state index in [2.05, 4.69) is 28.1 Å². The SMILES string of the molecule is COCCN1CCc2c(CCC(=O)N(Cc3ncccc3Cl)CC(C)(C)O)cccc2C1. The van der Waals surface area contributed by atoms with Crippen molar-refractivity contribution in [1.82, 2.24) is 14.8 Å². The molecule has 1 aliphatic heterocycles. The largest absolute Gasteiger partial charge is 0.389 e. The van der Waals surface area contributed by atoms with Gasteiger partial charge in [-0.1, -0.05) is 29.8 Å². The zero-order chi connectivity index (χ0) is 23.1. The van der Waals surface area contributed by atoms with Crippen molar-refractivity contribution in [3.63, 3.8) is 0 Å². The molecule has 0 unspecified atom stereocenters. The average molecular weight is 460 g/mol. The molecule has 1 aliphatic rings. The fourth-order valence-electron chi connectivity index (χ4n) is 4.21. The molecule has 1 amide bonds. The van der Waals surface area contributed by atoms with Crippen LogP contribution in [0.1, 0.15) is 42.7 Å². The second kappa shape index (κ2) is 11.2. The Labute approximate surface area is 196 Å². The molecule has 1 aromatic carbocycles. The molecule has 2 aromatic rings. The van der Waals surface area contributed by atoms with Crippen molar-refractivity contribution in [3.05, 3.63) is 63.9 Å². The number of fused-ring (bicyclic) bond motifs is 1. The van der Waals surface area contributed by atoms with E-state index in [1.165, 1.54) is 16.7 Å². The minimum Gasteiger partial charge on any atom is -0.389 e. The van der Waals surface area contributed by atoms with E-state index in [-0.39, 0.29) is 19.0 Å². The third kappa shape index (κ3) is 7.01. The van der Waals surface area contributed by atoms with Crippen LogP contribution in [0, 0.1) is 0 Å². The Morgan fingerprint density at radius 2 is 2.12 bits per heavy atom. The number of aliphatic hydroxyl groups is 1. The number of halogens is 1. The standard InChI is InChI=1S/C25H34ClN3O3/c1-25(2,31)18-29(17-23-22(26)8-5-12-27-23)24(30)10-9-19-6-4-7-20-16-28(14-15-32-3)13-11-21(19)20/h4-8,12,31H,9-11,13-18H2,1-3H3. The Morgan fingerprint density at radius 1 is 1.31 bits per heavy atom. The van der Waals surface area contributed by atoms with E-state index in [0.717, 1.165) is 32.7 Å². The molecule has 2 heterocycles. The highest BCUT2D eigenvalue weighted by Gasteiger charge is 2.24. The quantitative estimate of drug-likeness (QED) is 0.589. The molecule has 0 spiro atoms. The minimum atomic E-state index is -1.01. The number of pyridine rings is 1. The first-order valence-corrected chi connectivity index (χ1v) is 11.5. The van der Waals surface area contributed by atoms with Gasteiger partial charge in [-0.15, -0.1) is 0 Å². The Kier molecular flexibility index (Phi) is 8.65. The van der Waals surface area contributed by atoms with Gasteiger partial charge in [0.15, 0.2) is 0 Å². The first-order valence-electron chi connectivity index (χ1n) is 11.2. The van der Waals surface area contributed by atoms with Gasteiger partial charge in [-0.25, -0.2) is 0 Å². The fraction of sp³-hybridized carbons (Fsp3) is 0.520. The number of aryl methyl sites for hydroxylation is 1. The third-order valence-electron chi connectivity index (χ3n) is 5.77. The van der Waals surface area contributed by atoms with Crippen molar-refractivity contribution in [1.29, 1.82) is 0 Å². The number of carbonyl (C=O) groups is 1. The van der Waals surface area contributed by atoms with Crippen LogP contribution < -0.4 is 0 Å². The maximum absolute atomic E-state index is 13.2. The Morgan fingerprint density at radius 3 is 2.84 bits per heavy atom. The van der Waals surface area contributed by atoms with Crippen molar-refractivity contribution in [2.75, 3.05) is 33.4 Å². The molecule has 3 rings (SSSR count). The summed E-state index contributed by atoms with van der Waals surface area (Å²) in [4.78, 5) is 21.6. The van der Waals surface area contributed by atoms with E-state index in [0.29, 0.717) is 23.6 Å². The third-order valence-corrected chi connectivity index (χ3v) is 6.11. The predicted molar refractivity (Wildman–Crippen MR) is 127 cm³/mol. The van der Waals surface area contributed by atoms with Crippen LogP contribution in [-0.2, 0) is 35.5 Å². The van der Waals surface area contributed by atoms with Gasteiger partial charge in [0.2, 0.25) is 5.91 Å². The topological polar surface area (TPSA) is 65.9 Å². The summed E-state index contributed by atoms with van der Waals surface area (Å²) in [5, 5.41) is 10.9. The van der Waals surface area contributed by atoms with Crippen LogP contribution in [0.4, 0.5) is 0 Å². The van der Waals surface area contributed by atoms with Crippen molar-refractivity contribution in [3.8, 4) is 0 Å². The van der Waals surface area contributed by atoms with Crippen LogP contribution in [0.3, 0.4) is 0 Å². The van der Waals surface area contributed by atoms with Crippen LogP contribution in [0.25, 0.3) is 0 Å². The van der Waals surface area contributed by atoms with Crippen LogP contribution in [0.5, 0.6) is 0 Å². The molecule has 0 atom stereocenters. The monoisotopic (exact) mass is 459 g/mol. The summed E-state index contributed by atoms with van der Waals surface area (Å²) in [7, 11) is 1.73. The van der Waals surface area contributed by atoms with Crippen LogP contribution in [0.2, 0.25) is 5.02 Å². The summed E-state index contributed by atoms with van der Waals surface area (Å²) >= 11 is 6.27. The zero-order valence-electron chi connectivity index (χ0n) is 19.3. The van der Waals surface area contributed by atoms with Gasteiger partial charge in [-0.05, 0) is 55.5 Å². The lowest BCUT2D eigenvalue weighted by molar-refractivity contribution is -0.135. The Balaban J connectivity index is 1.68. The molecular weight excluding hydrogens is 426 g/mol. The van der Waals surface area contributed by atoms with Crippen molar-refractivity contribution < 1.29 is 14.6 Å². The number of aromatic nitrogens is 1. The smallest absolute Gasteiger partial charge is 0.223 e. The van der Waals surface area contributed by atoms with Gasteiger partial charge in [0, 0.05) is 45.9 Å². The maximum atomic E-state index is 13.2. The Hall–Kier alpha value is -1.99. The van der Waals surface area contributed by atoms with Gasteiger partial charge in [0.05, 0.1) is 29.5 Å². The number of amides is 1. The number of ether oxygens (including phenoxy) is 1. The van der Waals surface area contributed by atoms with E-state index in [1.54, 1.807) is 44.2 Å². The molecule has 1 N–H and O–H groups in total. The number of carbonyl (C=O) groups excluding carboxylic acids is 1. The number of hydrogen-bond acceptors (Lipinski definition) is 5. The van der Waals surface area contributed by atoms with Gasteiger partial charge in [0.25, 0.3) is 0 Å². The van der Waals surface area contributed by atoms with E-state index < -0.39 is 5.60 Å². The summed E-state index contributed by atoms with van der Waals surface area (Å²) in [6, 6.07) is 9.93. The molecule has 0 fully saturated rings. The second-order valence-corrected chi connectivity index (χ2v) is 9.48. The molecule has 174 valence electrons. The summed E-state index contributed by atoms with van der Waals surface area (Å²) in [5.74, 6) is -0.0102. The van der Waals surface area contributed by atoms with E-state index >= 15 is 0 Å². The number of nitrogens with zero attached hydrogens (tertiary/aromatic N) is 3. The molecule has 6 nitrogen and oxygen atoms in total. The minimum absolute atomic E-state index is 0.0102. The van der Waals surface area contributed by atoms with Crippen LogP contribution in [-0.4, -0.2) is 64.7 Å². The average Bonchev–Trinajstić information content (AvgIpc) is 2.75. The summed E-state index contributed by atoms with van der Waals surface area (Å²) in [6.07, 6.45) is 3.71. The number of hydrogen-bond donors (Lipinski definition) is 1. The molecule has 0 saturated carbocycles. The predicted octanol–water partition coefficient (Wildman–Crippen LogP) is 3.47. The molecular formula is C25H34ClN3O3. The maximum Gasteiger partial charge on any atom is 0.223 e. The molecule has 1 aromatic heterocycles. The highest BCUT2D eigenvalue weighted by molar-refractivity contribution is 6.31. The molecule has 0 radical (unpaired) electrons. The first kappa shape index (κ1) is 24.6. The summed E-state index contributed by atoms with van der Waals surface area (Å²) in [6.45, 7) is 7.51. The highest BCUT2D eigenvalue weighted by atomic mass is 35.5. The molecule has 7 heteroatoms. The fourth-order valence-corrected chi connectivity index (χ4v) is 4.39. The van der Waals surface area contributed by atoms with E-state index in [9.17, 15) is 9.90 Å². The number of rotatable bonds is 10. The highest BCUT2D eigenvalue weighted by Crippen LogP contribution is 2.24. The molecule has 0 saturated heterocycles. The lowest BCUT2D eigenvalue weighted by Gasteiger charge is -2.31.